The van der Waals surface area contributed by atoms with Crippen molar-refractivity contribution in [3.8, 4) is 0 Å². The maximum atomic E-state index is 13.3. The van der Waals surface area contributed by atoms with Crippen molar-refractivity contribution in [2.75, 3.05) is 16.2 Å². The van der Waals surface area contributed by atoms with Crippen molar-refractivity contribution >= 4 is 39.1 Å². The Bertz CT molecular complexity index is 982. The lowest BCUT2D eigenvalue weighted by molar-refractivity contribution is 0.102. The third kappa shape index (κ3) is 3.44. The summed E-state index contributed by atoms with van der Waals surface area (Å²) < 4.78 is 50.6. The Balaban J connectivity index is 1.90. The molecule has 2 aromatic carbocycles. The third-order valence-electron chi connectivity index (χ3n) is 3.76. The molecule has 0 aliphatic carbocycles. The number of halogens is 3. The van der Waals surface area contributed by atoms with Crippen LogP contribution in [-0.2, 0) is 16.6 Å². The molecule has 2 aromatic rings. The summed E-state index contributed by atoms with van der Waals surface area (Å²) in [5.74, 6) is -3.13. The topological polar surface area (TPSA) is 92.5 Å². The number of fused-ring (bicyclic) bond motifs is 1. The molecule has 0 unspecified atom stereocenters. The molecular weight excluding hydrogens is 376 g/mol. The van der Waals surface area contributed by atoms with E-state index in [1.54, 1.807) is 12.1 Å². The number of hydrogen-bond donors (Lipinski definition) is 2. The van der Waals surface area contributed by atoms with Gasteiger partial charge in [-0.2, -0.15) is 8.42 Å². The molecule has 3 N–H and O–H groups in total. The summed E-state index contributed by atoms with van der Waals surface area (Å²) in [6, 6.07) is 6.06. The van der Waals surface area contributed by atoms with Crippen LogP contribution in [0.25, 0.3) is 0 Å². The smallest absolute Gasteiger partial charge is 0.299 e. The number of carbonyl (C=O) groups is 1. The summed E-state index contributed by atoms with van der Waals surface area (Å²) in [5, 5.41) is 7.39. The first kappa shape index (κ1) is 17.6. The molecule has 1 heterocycles. The number of hydrogen-bond acceptors (Lipinski definition) is 3. The average Bonchev–Trinajstić information content (AvgIpc) is 2.94. The molecule has 0 aromatic heterocycles. The van der Waals surface area contributed by atoms with Crippen LogP contribution in [0.5, 0.6) is 0 Å². The highest BCUT2D eigenvalue weighted by Crippen LogP contribution is 2.32. The van der Waals surface area contributed by atoms with Crippen LogP contribution in [0.2, 0.25) is 5.02 Å². The Labute approximate surface area is 147 Å². The van der Waals surface area contributed by atoms with Crippen molar-refractivity contribution < 1.29 is 22.0 Å². The first-order chi connectivity index (χ1) is 11.7. The summed E-state index contributed by atoms with van der Waals surface area (Å²) in [4.78, 5) is 12.2. The lowest BCUT2D eigenvalue weighted by atomic mass is 10.1. The van der Waals surface area contributed by atoms with Crippen LogP contribution in [-0.4, -0.2) is 20.9 Å². The molecule has 0 atom stereocenters. The van der Waals surface area contributed by atoms with E-state index >= 15 is 0 Å². The first-order valence-electron chi connectivity index (χ1n) is 7.06. The van der Waals surface area contributed by atoms with E-state index in [-0.39, 0.29) is 22.8 Å². The van der Waals surface area contributed by atoms with E-state index in [9.17, 15) is 22.0 Å². The van der Waals surface area contributed by atoms with Gasteiger partial charge in [0.05, 0.1) is 16.3 Å². The average molecular weight is 388 g/mol. The highest BCUT2D eigenvalue weighted by atomic mass is 35.5. The summed E-state index contributed by atoms with van der Waals surface area (Å²) in [6.07, 6.45) is 0.495. The fourth-order valence-corrected chi connectivity index (χ4v) is 3.61. The molecule has 10 heteroatoms. The van der Waals surface area contributed by atoms with E-state index in [0.717, 1.165) is 9.87 Å². The van der Waals surface area contributed by atoms with Crippen molar-refractivity contribution in [2.24, 2.45) is 5.14 Å². The van der Waals surface area contributed by atoms with Gasteiger partial charge in [0, 0.05) is 12.2 Å². The van der Waals surface area contributed by atoms with E-state index in [2.05, 4.69) is 5.32 Å². The van der Waals surface area contributed by atoms with Gasteiger partial charge >= 0.3 is 0 Å². The van der Waals surface area contributed by atoms with Gasteiger partial charge in [0.2, 0.25) is 0 Å². The number of rotatable bonds is 3. The lowest BCUT2D eigenvalue weighted by Crippen LogP contribution is -2.35. The standard InChI is InChI=1S/C15H12ClF2N3O3S/c16-11-7-13(18)12(17)6-10(11)15(22)20-9-2-1-8-3-4-21(14(8)5-9)25(19,23)24/h1-2,5-7H,3-4H2,(H,20,22)(H2,19,23,24). The molecule has 0 spiro atoms. The molecule has 0 bridgehead atoms. The Hall–Kier alpha value is -2.23. The van der Waals surface area contributed by atoms with Gasteiger partial charge < -0.3 is 5.32 Å². The minimum atomic E-state index is -3.92. The SMILES string of the molecule is NS(=O)(=O)N1CCc2ccc(NC(=O)c3cc(F)c(F)cc3Cl)cc21. The van der Waals surface area contributed by atoms with Crippen LogP contribution in [0.1, 0.15) is 15.9 Å². The number of anilines is 2. The number of nitrogens with one attached hydrogen (secondary N) is 1. The van der Waals surface area contributed by atoms with Gasteiger partial charge in [-0.3, -0.25) is 9.10 Å². The lowest BCUT2D eigenvalue weighted by Gasteiger charge is -2.17. The molecule has 1 aliphatic rings. The van der Waals surface area contributed by atoms with Crippen LogP contribution in [0, 0.1) is 11.6 Å². The van der Waals surface area contributed by atoms with Gasteiger partial charge in [-0.15, -0.1) is 0 Å². The van der Waals surface area contributed by atoms with Crippen LogP contribution in [0.3, 0.4) is 0 Å². The zero-order valence-electron chi connectivity index (χ0n) is 12.6. The Morgan fingerprint density at radius 1 is 1.20 bits per heavy atom. The maximum Gasteiger partial charge on any atom is 0.299 e. The van der Waals surface area contributed by atoms with Crippen molar-refractivity contribution in [1.29, 1.82) is 0 Å². The quantitative estimate of drug-likeness (QED) is 0.792. The van der Waals surface area contributed by atoms with E-state index < -0.39 is 27.8 Å². The summed E-state index contributed by atoms with van der Waals surface area (Å²) >= 11 is 5.77. The summed E-state index contributed by atoms with van der Waals surface area (Å²) in [5.41, 5.74) is 1.14. The van der Waals surface area contributed by atoms with Gasteiger partial charge in [-0.05, 0) is 36.2 Å². The molecule has 132 valence electrons. The van der Waals surface area contributed by atoms with Crippen LogP contribution in [0.15, 0.2) is 30.3 Å². The summed E-state index contributed by atoms with van der Waals surface area (Å²) in [6.45, 7) is 0.209. The number of carbonyl (C=O) groups excluding carboxylic acids is 1. The molecule has 25 heavy (non-hydrogen) atoms. The van der Waals surface area contributed by atoms with Crippen LogP contribution >= 0.6 is 11.6 Å². The number of benzene rings is 2. The Morgan fingerprint density at radius 2 is 1.88 bits per heavy atom. The first-order valence-corrected chi connectivity index (χ1v) is 8.94. The summed E-state index contributed by atoms with van der Waals surface area (Å²) in [7, 11) is -3.92. The normalized spacial score (nSPS) is 13.7. The zero-order valence-corrected chi connectivity index (χ0v) is 14.2. The Morgan fingerprint density at radius 3 is 2.56 bits per heavy atom. The van der Waals surface area contributed by atoms with E-state index in [1.807, 2.05) is 0 Å². The highest BCUT2D eigenvalue weighted by Gasteiger charge is 2.27. The minimum Gasteiger partial charge on any atom is -0.322 e. The molecule has 1 amide bonds. The van der Waals surface area contributed by atoms with E-state index in [0.29, 0.717) is 24.2 Å². The Kier molecular flexibility index (Phi) is 4.40. The number of amides is 1. The number of nitrogens with two attached hydrogens (primary N) is 1. The van der Waals surface area contributed by atoms with Gasteiger partial charge in [0.1, 0.15) is 0 Å². The fraction of sp³-hybridized carbons (Fsp3) is 0.133. The second-order valence-electron chi connectivity index (χ2n) is 5.41. The van der Waals surface area contributed by atoms with Crippen molar-refractivity contribution in [2.45, 2.75) is 6.42 Å². The molecule has 0 saturated heterocycles. The zero-order chi connectivity index (χ0) is 18.4. The molecule has 0 fully saturated rings. The third-order valence-corrected chi connectivity index (χ3v) is 5.06. The van der Waals surface area contributed by atoms with Crippen molar-refractivity contribution in [1.82, 2.24) is 0 Å². The van der Waals surface area contributed by atoms with Crippen LogP contribution < -0.4 is 14.8 Å². The predicted octanol–water partition coefficient (Wildman–Crippen LogP) is 2.44. The van der Waals surface area contributed by atoms with E-state index in [1.165, 1.54) is 6.07 Å². The van der Waals surface area contributed by atoms with Gasteiger partial charge in [0.25, 0.3) is 16.1 Å². The second kappa shape index (κ2) is 6.25. The molecule has 6 nitrogen and oxygen atoms in total. The van der Waals surface area contributed by atoms with E-state index in [4.69, 9.17) is 16.7 Å². The largest absolute Gasteiger partial charge is 0.322 e. The monoisotopic (exact) mass is 387 g/mol. The maximum absolute atomic E-state index is 13.3. The van der Waals surface area contributed by atoms with Gasteiger partial charge in [-0.25, -0.2) is 13.9 Å². The van der Waals surface area contributed by atoms with Crippen molar-refractivity contribution in [3.63, 3.8) is 0 Å². The molecular formula is C15H12ClF2N3O3S. The molecule has 0 saturated carbocycles. The number of nitrogens with zero attached hydrogens (tertiary/aromatic N) is 1. The van der Waals surface area contributed by atoms with Gasteiger partial charge in [0.15, 0.2) is 11.6 Å². The predicted molar refractivity (Wildman–Crippen MR) is 89.9 cm³/mol. The molecule has 1 aliphatic heterocycles. The van der Waals surface area contributed by atoms with Crippen molar-refractivity contribution in [3.05, 3.63) is 58.1 Å². The minimum absolute atomic E-state index is 0.209. The molecule has 0 radical (unpaired) electrons. The fourth-order valence-electron chi connectivity index (χ4n) is 2.59. The highest BCUT2D eigenvalue weighted by molar-refractivity contribution is 7.90. The van der Waals surface area contributed by atoms with Crippen LogP contribution in [0.4, 0.5) is 20.2 Å². The second-order valence-corrected chi connectivity index (χ2v) is 7.29. The van der Waals surface area contributed by atoms with Gasteiger partial charge in [-0.1, -0.05) is 17.7 Å². The molecule has 3 rings (SSSR count).